The van der Waals surface area contributed by atoms with Gasteiger partial charge in [-0.15, -0.1) is 0 Å². The fraction of sp³-hybridized carbons (Fsp3) is 0.357. The molecule has 1 atom stereocenters. The van der Waals surface area contributed by atoms with Crippen molar-refractivity contribution in [2.24, 2.45) is 0 Å². The quantitative estimate of drug-likeness (QED) is 0.905. The van der Waals surface area contributed by atoms with Gasteiger partial charge >= 0.3 is 0 Å². The summed E-state index contributed by atoms with van der Waals surface area (Å²) in [6.07, 6.45) is 0.920. The van der Waals surface area contributed by atoms with Crippen LogP contribution >= 0.6 is 0 Å². The first-order chi connectivity index (χ1) is 8.50. The largest absolute Gasteiger partial charge is 0.389 e. The van der Waals surface area contributed by atoms with Crippen LogP contribution in [0.3, 0.4) is 0 Å². The SMILES string of the molecule is CC(C)c1ccn(-c2cccc(F)c2C(C)O)n1. The van der Waals surface area contributed by atoms with Crippen LogP contribution in [-0.2, 0) is 0 Å². The monoisotopic (exact) mass is 248 g/mol. The van der Waals surface area contributed by atoms with Gasteiger partial charge in [0.2, 0.25) is 0 Å². The second kappa shape index (κ2) is 4.90. The summed E-state index contributed by atoms with van der Waals surface area (Å²) in [4.78, 5) is 0. The number of hydrogen-bond acceptors (Lipinski definition) is 2. The molecule has 0 amide bonds. The molecule has 1 N–H and O–H groups in total. The fourth-order valence-corrected chi connectivity index (χ4v) is 1.92. The predicted octanol–water partition coefficient (Wildman–Crippen LogP) is 3.19. The Bertz CT molecular complexity index is 546. The maximum atomic E-state index is 13.8. The molecule has 1 heterocycles. The number of benzene rings is 1. The van der Waals surface area contributed by atoms with Gasteiger partial charge in [0.1, 0.15) is 5.82 Å². The van der Waals surface area contributed by atoms with Crippen LogP contribution in [0.25, 0.3) is 5.69 Å². The average Bonchev–Trinajstić information content (AvgIpc) is 2.77. The molecule has 2 rings (SSSR count). The summed E-state index contributed by atoms with van der Waals surface area (Å²) in [5.74, 6) is -0.0982. The molecular formula is C14H17FN2O. The van der Waals surface area contributed by atoms with Crippen molar-refractivity contribution in [3.05, 3.63) is 47.5 Å². The molecule has 1 unspecified atom stereocenters. The Hall–Kier alpha value is -1.68. The molecule has 0 radical (unpaired) electrons. The minimum absolute atomic E-state index is 0.274. The molecule has 3 nitrogen and oxygen atoms in total. The third-order valence-electron chi connectivity index (χ3n) is 2.90. The summed E-state index contributed by atoms with van der Waals surface area (Å²) in [6, 6.07) is 6.62. The first kappa shape index (κ1) is 12.8. The zero-order valence-corrected chi connectivity index (χ0v) is 10.8. The molecular weight excluding hydrogens is 231 g/mol. The molecule has 4 heteroatoms. The van der Waals surface area contributed by atoms with Crippen LogP contribution < -0.4 is 0 Å². The Morgan fingerprint density at radius 2 is 1.94 bits per heavy atom. The number of hydrogen-bond donors (Lipinski definition) is 1. The van der Waals surface area contributed by atoms with Crippen molar-refractivity contribution in [1.29, 1.82) is 0 Å². The number of aliphatic hydroxyl groups excluding tert-OH is 1. The van der Waals surface area contributed by atoms with E-state index in [0.29, 0.717) is 11.6 Å². The molecule has 18 heavy (non-hydrogen) atoms. The molecule has 96 valence electrons. The highest BCUT2D eigenvalue weighted by molar-refractivity contribution is 5.42. The standard InChI is InChI=1S/C14H17FN2O/c1-9(2)12-7-8-17(16-12)13-6-4-5-11(15)14(13)10(3)18/h4-10,18H,1-3H3. The van der Waals surface area contributed by atoms with Crippen molar-refractivity contribution in [3.8, 4) is 5.69 Å². The lowest BCUT2D eigenvalue weighted by atomic mass is 10.1. The van der Waals surface area contributed by atoms with E-state index in [1.807, 2.05) is 19.9 Å². The molecule has 1 aromatic carbocycles. The Morgan fingerprint density at radius 1 is 1.22 bits per heavy atom. The van der Waals surface area contributed by atoms with Crippen molar-refractivity contribution in [2.45, 2.75) is 32.8 Å². The van der Waals surface area contributed by atoms with Gasteiger partial charge in [0.15, 0.2) is 0 Å². The topological polar surface area (TPSA) is 38.0 Å². The van der Waals surface area contributed by atoms with E-state index in [4.69, 9.17) is 0 Å². The van der Waals surface area contributed by atoms with Gasteiger partial charge < -0.3 is 5.11 Å². The number of aliphatic hydroxyl groups is 1. The van der Waals surface area contributed by atoms with Gasteiger partial charge in [-0.1, -0.05) is 19.9 Å². The summed E-state index contributed by atoms with van der Waals surface area (Å²) >= 11 is 0. The van der Waals surface area contributed by atoms with E-state index in [2.05, 4.69) is 5.10 Å². The highest BCUT2D eigenvalue weighted by atomic mass is 19.1. The fourth-order valence-electron chi connectivity index (χ4n) is 1.92. The van der Waals surface area contributed by atoms with E-state index in [9.17, 15) is 9.50 Å². The molecule has 2 aromatic rings. The number of rotatable bonds is 3. The summed E-state index contributed by atoms with van der Waals surface area (Å²) < 4.78 is 15.4. The van der Waals surface area contributed by atoms with Gasteiger partial charge in [-0.25, -0.2) is 9.07 Å². The highest BCUT2D eigenvalue weighted by Gasteiger charge is 2.15. The summed E-state index contributed by atoms with van der Waals surface area (Å²) in [5, 5.41) is 14.1. The van der Waals surface area contributed by atoms with E-state index in [-0.39, 0.29) is 5.56 Å². The number of nitrogens with zero attached hydrogens (tertiary/aromatic N) is 2. The van der Waals surface area contributed by atoms with E-state index in [0.717, 1.165) is 5.69 Å². The van der Waals surface area contributed by atoms with Crippen LogP contribution in [-0.4, -0.2) is 14.9 Å². The Morgan fingerprint density at radius 3 is 2.50 bits per heavy atom. The Kier molecular flexibility index (Phi) is 3.48. The molecule has 0 aliphatic heterocycles. The molecule has 0 fully saturated rings. The van der Waals surface area contributed by atoms with Crippen LogP contribution in [0.15, 0.2) is 30.5 Å². The molecule has 0 aliphatic carbocycles. The zero-order chi connectivity index (χ0) is 13.3. The zero-order valence-electron chi connectivity index (χ0n) is 10.8. The van der Waals surface area contributed by atoms with Crippen molar-refractivity contribution in [2.75, 3.05) is 0 Å². The lowest BCUT2D eigenvalue weighted by Gasteiger charge is -2.13. The van der Waals surface area contributed by atoms with Gasteiger partial charge in [0.25, 0.3) is 0 Å². The highest BCUT2D eigenvalue weighted by Crippen LogP contribution is 2.25. The second-order valence-corrected chi connectivity index (χ2v) is 4.69. The predicted molar refractivity (Wildman–Crippen MR) is 68.2 cm³/mol. The number of halogens is 1. The Balaban J connectivity index is 2.53. The van der Waals surface area contributed by atoms with Crippen molar-refractivity contribution in [3.63, 3.8) is 0 Å². The van der Waals surface area contributed by atoms with E-state index >= 15 is 0 Å². The minimum atomic E-state index is -0.868. The first-order valence-corrected chi connectivity index (χ1v) is 6.03. The van der Waals surface area contributed by atoms with Gasteiger partial charge in [0, 0.05) is 11.8 Å². The summed E-state index contributed by atoms with van der Waals surface area (Å²) in [5.41, 5.74) is 1.80. The molecule has 0 aliphatic rings. The smallest absolute Gasteiger partial charge is 0.131 e. The molecule has 0 spiro atoms. The molecule has 0 bridgehead atoms. The van der Waals surface area contributed by atoms with E-state index in [1.54, 1.807) is 29.9 Å². The lowest BCUT2D eigenvalue weighted by molar-refractivity contribution is 0.194. The lowest BCUT2D eigenvalue weighted by Crippen LogP contribution is -2.06. The van der Waals surface area contributed by atoms with Crippen LogP contribution in [0.2, 0.25) is 0 Å². The maximum absolute atomic E-state index is 13.8. The molecule has 0 saturated heterocycles. The van der Waals surface area contributed by atoms with Crippen molar-refractivity contribution in [1.82, 2.24) is 9.78 Å². The summed E-state index contributed by atoms with van der Waals surface area (Å²) in [7, 11) is 0. The van der Waals surface area contributed by atoms with Crippen LogP contribution in [0.5, 0.6) is 0 Å². The van der Waals surface area contributed by atoms with Gasteiger partial charge in [-0.05, 0) is 31.0 Å². The van der Waals surface area contributed by atoms with Crippen LogP contribution in [0, 0.1) is 5.82 Å². The average molecular weight is 248 g/mol. The Labute approximate surface area is 106 Å². The third-order valence-corrected chi connectivity index (χ3v) is 2.90. The maximum Gasteiger partial charge on any atom is 0.131 e. The normalized spacial score (nSPS) is 13.0. The minimum Gasteiger partial charge on any atom is -0.389 e. The van der Waals surface area contributed by atoms with Crippen molar-refractivity contribution < 1.29 is 9.50 Å². The van der Waals surface area contributed by atoms with Gasteiger partial charge in [-0.3, -0.25) is 0 Å². The van der Waals surface area contributed by atoms with Crippen molar-refractivity contribution >= 4 is 0 Å². The summed E-state index contributed by atoms with van der Waals surface area (Å²) in [6.45, 7) is 5.65. The molecule has 1 aromatic heterocycles. The number of aromatic nitrogens is 2. The first-order valence-electron chi connectivity index (χ1n) is 6.03. The van der Waals surface area contributed by atoms with Gasteiger partial charge in [0.05, 0.1) is 17.5 Å². The second-order valence-electron chi connectivity index (χ2n) is 4.69. The third kappa shape index (κ3) is 2.29. The van der Waals surface area contributed by atoms with Crippen LogP contribution in [0.4, 0.5) is 4.39 Å². The van der Waals surface area contributed by atoms with E-state index in [1.165, 1.54) is 6.07 Å². The van der Waals surface area contributed by atoms with Crippen LogP contribution in [0.1, 0.15) is 44.1 Å². The molecule has 0 saturated carbocycles. The van der Waals surface area contributed by atoms with Gasteiger partial charge in [-0.2, -0.15) is 5.10 Å². The van der Waals surface area contributed by atoms with E-state index < -0.39 is 11.9 Å².